The molecule has 0 spiro atoms. The Morgan fingerprint density at radius 1 is 1.67 bits per heavy atom. The number of esters is 1. The lowest BCUT2D eigenvalue weighted by molar-refractivity contribution is -0.141. The number of hydrogen-bond donors (Lipinski definition) is 0. The van der Waals surface area contributed by atoms with Crippen LogP contribution in [-0.2, 0) is 9.53 Å². The summed E-state index contributed by atoms with van der Waals surface area (Å²) in [6.45, 7) is 1.97. The second-order valence-electron chi connectivity index (χ2n) is 3.72. The lowest BCUT2D eigenvalue weighted by atomic mass is 9.91. The van der Waals surface area contributed by atoms with Crippen LogP contribution in [0.4, 0.5) is 4.39 Å². The molecule has 12 heavy (non-hydrogen) atoms. The van der Waals surface area contributed by atoms with Crippen molar-refractivity contribution in [2.24, 2.45) is 11.8 Å². The molecule has 0 N–H and O–H groups in total. The minimum Gasteiger partial charge on any atom is -0.462 e. The summed E-state index contributed by atoms with van der Waals surface area (Å²) in [4.78, 5) is 10.9. The van der Waals surface area contributed by atoms with E-state index in [1.54, 1.807) is 0 Å². The summed E-state index contributed by atoms with van der Waals surface area (Å²) in [5.74, 6) is 0.0781. The number of carbonyl (C=O) groups excluding carboxylic acids is 1. The molecule has 68 valence electrons. The maximum absolute atomic E-state index is 13.2. The topological polar surface area (TPSA) is 26.3 Å². The number of ether oxygens (including phenoxy) is 1. The molecule has 1 saturated heterocycles. The molecule has 4 unspecified atom stereocenters. The first-order valence-electron chi connectivity index (χ1n) is 4.56. The highest BCUT2D eigenvalue weighted by molar-refractivity contribution is 5.72. The molecule has 0 radical (unpaired) electrons. The zero-order valence-corrected chi connectivity index (χ0v) is 7.13. The van der Waals surface area contributed by atoms with Crippen LogP contribution in [0.5, 0.6) is 0 Å². The Hall–Kier alpha value is -0.600. The fourth-order valence-electron chi connectivity index (χ4n) is 2.50. The Balaban J connectivity index is 2.11. The fraction of sp³-hybridized carbons (Fsp3) is 0.889. The van der Waals surface area contributed by atoms with Crippen molar-refractivity contribution in [3.63, 3.8) is 0 Å². The average Bonchev–Trinajstić information content (AvgIpc) is 2.43. The molecule has 2 rings (SSSR count). The first-order valence-corrected chi connectivity index (χ1v) is 4.56. The number of hydrogen-bond acceptors (Lipinski definition) is 2. The summed E-state index contributed by atoms with van der Waals surface area (Å²) in [7, 11) is 0. The van der Waals surface area contributed by atoms with E-state index in [4.69, 9.17) is 4.74 Å². The van der Waals surface area contributed by atoms with E-state index >= 15 is 0 Å². The van der Waals surface area contributed by atoms with Gasteiger partial charge in [0.25, 0.3) is 0 Å². The summed E-state index contributed by atoms with van der Waals surface area (Å²) in [5.41, 5.74) is 0. The van der Waals surface area contributed by atoms with E-state index in [1.165, 1.54) is 0 Å². The largest absolute Gasteiger partial charge is 0.462 e. The summed E-state index contributed by atoms with van der Waals surface area (Å²) in [6, 6.07) is 0. The summed E-state index contributed by atoms with van der Waals surface area (Å²) < 4.78 is 18.3. The van der Waals surface area contributed by atoms with Crippen LogP contribution in [-0.4, -0.2) is 18.2 Å². The molecule has 0 bridgehead atoms. The third-order valence-corrected chi connectivity index (χ3v) is 3.11. The van der Waals surface area contributed by atoms with Gasteiger partial charge in [-0.15, -0.1) is 0 Å². The van der Waals surface area contributed by atoms with Crippen molar-refractivity contribution in [1.82, 2.24) is 0 Å². The average molecular weight is 172 g/mol. The Morgan fingerprint density at radius 2 is 2.42 bits per heavy atom. The molecule has 0 aromatic carbocycles. The molecule has 0 aromatic rings. The SMILES string of the molecule is CCC1C(F)CC2OC(=O)CC21. The second-order valence-corrected chi connectivity index (χ2v) is 3.72. The lowest BCUT2D eigenvalue weighted by Gasteiger charge is -2.14. The Morgan fingerprint density at radius 3 is 3.08 bits per heavy atom. The van der Waals surface area contributed by atoms with Crippen LogP contribution in [0.15, 0.2) is 0 Å². The first-order chi connectivity index (χ1) is 5.72. The van der Waals surface area contributed by atoms with Gasteiger partial charge in [-0.3, -0.25) is 4.79 Å². The van der Waals surface area contributed by atoms with Crippen LogP contribution in [0.1, 0.15) is 26.2 Å². The van der Waals surface area contributed by atoms with E-state index in [2.05, 4.69) is 0 Å². The predicted octanol–water partition coefficient (Wildman–Crippen LogP) is 1.69. The quantitative estimate of drug-likeness (QED) is 0.562. The zero-order valence-electron chi connectivity index (χ0n) is 7.13. The molecular weight excluding hydrogens is 159 g/mol. The molecular formula is C9H13FO2. The summed E-state index contributed by atoms with van der Waals surface area (Å²) >= 11 is 0. The highest BCUT2D eigenvalue weighted by atomic mass is 19.1. The maximum atomic E-state index is 13.2. The van der Waals surface area contributed by atoms with E-state index in [0.717, 1.165) is 6.42 Å². The lowest BCUT2D eigenvalue weighted by Crippen LogP contribution is -2.16. The van der Waals surface area contributed by atoms with Crippen LogP contribution >= 0.6 is 0 Å². The standard InChI is InChI=1S/C9H13FO2/c1-2-5-6-3-9(11)12-8(6)4-7(5)10/h5-8H,2-4H2,1H3. The minimum atomic E-state index is -0.752. The molecule has 2 aliphatic rings. The van der Waals surface area contributed by atoms with Gasteiger partial charge >= 0.3 is 5.97 Å². The number of carbonyl (C=O) groups is 1. The van der Waals surface area contributed by atoms with Gasteiger partial charge in [-0.2, -0.15) is 0 Å². The van der Waals surface area contributed by atoms with E-state index in [1.807, 2.05) is 6.92 Å². The second kappa shape index (κ2) is 2.71. The minimum absolute atomic E-state index is 0.0569. The van der Waals surface area contributed by atoms with E-state index in [9.17, 15) is 9.18 Å². The van der Waals surface area contributed by atoms with Crippen molar-refractivity contribution in [2.45, 2.75) is 38.5 Å². The smallest absolute Gasteiger partial charge is 0.306 e. The molecule has 1 aliphatic carbocycles. The maximum Gasteiger partial charge on any atom is 0.306 e. The molecule has 1 aliphatic heterocycles. The van der Waals surface area contributed by atoms with Crippen molar-refractivity contribution in [2.75, 3.05) is 0 Å². The van der Waals surface area contributed by atoms with Crippen molar-refractivity contribution in [1.29, 1.82) is 0 Å². The van der Waals surface area contributed by atoms with E-state index in [-0.39, 0.29) is 23.9 Å². The third kappa shape index (κ3) is 1.03. The highest BCUT2D eigenvalue weighted by Gasteiger charge is 2.49. The van der Waals surface area contributed by atoms with E-state index < -0.39 is 6.17 Å². The molecule has 0 amide bonds. The van der Waals surface area contributed by atoms with Crippen LogP contribution < -0.4 is 0 Å². The molecule has 0 aromatic heterocycles. The fourth-order valence-corrected chi connectivity index (χ4v) is 2.50. The van der Waals surface area contributed by atoms with Crippen LogP contribution in [0.25, 0.3) is 0 Å². The monoisotopic (exact) mass is 172 g/mol. The summed E-state index contributed by atoms with van der Waals surface area (Å²) in [6.07, 6.45) is 0.813. The van der Waals surface area contributed by atoms with Crippen molar-refractivity contribution >= 4 is 5.97 Å². The number of fused-ring (bicyclic) bond motifs is 1. The zero-order chi connectivity index (χ0) is 8.72. The molecule has 3 heteroatoms. The van der Waals surface area contributed by atoms with Gasteiger partial charge < -0.3 is 4.74 Å². The molecule has 2 nitrogen and oxygen atoms in total. The third-order valence-electron chi connectivity index (χ3n) is 3.11. The van der Waals surface area contributed by atoms with Gasteiger partial charge in [0, 0.05) is 12.3 Å². The summed E-state index contributed by atoms with van der Waals surface area (Å²) in [5, 5.41) is 0. The Bertz CT molecular complexity index is 205. The normalized spacial score (nSPS) is 46.0. The Kier molecular flexibility index (Phi) is 1.81. The van der Waals surface area contributed by atoms with Gasteiger partial charge in [0.1, 0.15) is 12.3 Å². The number of alkyl halides is 1. The van der Waals surface area contributed by atoms with Gasteiger partial charge in [0.2, 0.25) is 0 Å². The molecule has 1 saturated carbocycles. The van der Waals surface area contributed by atoms with Crippen molar-refractivity contribution in [3.05, 3.63) is 0 Å². The van der Waals surface area contributed by atoms with Gasteiger partial charge in [0.15, 0.2) is 0 Å². The molecule has 1 heterocycles. The van der Waals surface area contributed by atoms with Crippen molar-refractivity contribution in [3.8, 4) is 0 Å². The van der Waals surface area contributed by atoms with E-state index in [0.29, 0.717) is 12.8 Å². The number of halogens is 1. The van der Waals surface area contributed by atoms with Gasteiger partial charge in [0.05, 0.1) is 6.42 Å². The Labute approximate surface area is 71.1 Å². The van der Waals surface area contributed by atoms with Crippen LogP contribution in [0, 0.1) is 11.8 Å². The molecule has 4 atom stereocenters. The highest BCUT2D eigenvalue weighted by Crippen LogP contribution is 2.44. The van der Waals surface area contributed by atoms with Gasteiger partial charge in [-0.05, 0) is 5.92 Å². The van der Waals surface area contributed by atoms with Gasteiger partial charge in [-0.1, -0.05) is 13.3 Å². The van der Waals surface area contributed by atoms with Crippen molar-refractivity contribution < 1.29 is 13.9 Å². The number of rotatable bonds is 1. The predicted molar refractivity (Wildman–Crippen MR) is 41.3 cm³/mol. The first kappa shape index (κ1) is 8.02. The molecule has 2 fully saturated rings. The van der Waals surface area contributed by atoms with Crippen LogP contribution in [0.3, 0.4) is 0 Å². The van der Waals surface area contributed by atoms with Gasteiger partial charge in [-0.25, -0.2) is 4.39 Å². The van der Waals surface area contributed by atoms with Crippen LogP contribution in [0.2, 0.25) is 0 Å².